The van der Waals surface area contributed by atoms with Crippen LogP contribution in [-0.4, -0.2) is 42.9 Å². The van der Waals surface area contributed by atoms with Crippen LogP contribution < -0.4 is 14.2 Å². The molecule has 0 N–H and O–H groups in total. The molecule has 0 aliphatic carbocycles. The summed E-state index contributed by atoms with van der Waals surface area (Å²) in [5, 5.41) is 1.71. The van der Waals surface area contributed by atoms with Crippen molar-refractivity contribution in [3.8, 4) is 17.2 Å². The molecule has 7 heteroatoms. The number of thioether (sulfide) groups is 1. The molecule has 6 nitrogen and oxygen atoms in total. The second-order valence-corrected chi connectivity index (χ2v) is 8.73. The Morgan fingerprint density at radius 3 is 2.41 bits per heavy atom. The number of unbranched alkanes of at least 4 members (excludes halogenated alkanes) is 1. The van der Waals surface area contributed by atoms with Gasteiger partial charge in [-0.2, -0.15) is 0 Å². The third-order valence-corrected chi connectivity index (χ3v) is 6.38. The molecule has 34 heavy (non-hydrogen) atoms. The largest absolute Gasteiger partial charge is 0.493 e. The van der Waals surface area contributed by atoms with Gasteiger partial charge in [-0.25, -0.2) is 0 Å². The predicted molar refractivity (Wildman–Crippen MR) is 136 cm³/mol. The zero-order chi connectivity index (χ0) is 23.9. The minimum atomic E-state index is -0.328. The summed E-state index contributed by atoms with van der Waals surface area (Å²) in [6.45, 7) is 3.02. The first-order chi connectivity index (χ1) is 16.6. The highest BCUT2D eigenvalue weighted by atomic mass is 32.2. The highest BCUT2D eigenvalue weighted by Crippen LogP contribution is 2.37. The maximum Gasteiger partial charge on any atom is 0.293 e. The first-order valence-corrected chi connectivity index (χ1v) is 12.1. The Morgan fingerprint density at radius 1 is 0.882 bits per heavy atom. The van der Waals surface area contributed by atoms with E-state index in [9.17, 15) is 9.59 Å². The van der Waals surface area contributed by atoms with E-state index in [-0.39, 0.29) is 24.3 Å². The topological polar surface area (TPSA) is 65.1 Å². The average molecular weight is 478 g/mol. The van der Waals surface area contributed by atoms with Crippen molar-refractivity contribution in [1.82, 2.24) is 4.90 Å². The van der Waals surface area contributed by atoms with E-state index in [1.54, 1.807) is 25.3 Å². The Labute approximate surface area is 203 Å². The van der Waals surface area contributed by atoms with Crippen molar-refractivity contribution in [2.24, 2.45) is 0 Å². The van der Waals surface area contributed by atoms with Crippen LogP contribution in [0, 0.1) is 0 Å². The molecule has 0 spiro atoms. The van der Waals surface area contributed by atoms with E-state index in [1.807, 2.05) is 48.5 Å². The number of benzene rings is 3. The maximum absolute atomic E-state index is 13.1. The Morgan fingerprint density at radius 2 is 1.62 bits per heavy atom. The number of nitrogens with zero attached hydrogens (tertiary/aromatic N) is 1. The molecule has 0 radical (unpaired) electrons. The molecule has 1 aliphatic rings. The standard InChI is InChI=1S/C27H27NO5S/c1-3-4-16-32-22-14-13-19-9-5-6-10-20(19)21(22)18-25-26(29)28(27(30)34-25)15-17-33-24-12-8-7-11-23(24)31-2/h5-14,18H,3-4,15-17H2,1-2H3/b25-18-. The lowest BCUT2D eigenvalue weighted by atomic mass is 10.0. The molecule has 0 saturated carbocycles. The number of ether oxygens (including phenoxy) is 3. The van der Waals surface area contributed by atoms with Crippen LogP contribution in [0.2, 0.25) is 0 Å². The van der Waals surface area contributed by atoms with Crippen LogP contribution in [0.3, 0.4) is 0 Å². The van der Waals surface area contributed by atoms with E-state index >= 15 is 0 Å². The van der Waals surface area contributed by atoms with E-state index in [0.29, 0.717) is 28.8 Å². The van der Waals surface area contributed by atoms with Crippen molar-refractivity contribution >= 4 is 39.8 Å². The Hall–Kier alpha value is -3.45. The molecule has 1 saturated heterocycles. The molecule has 3 aromatic rings. The molecule has 0 atom stereocenters. The normalized spacial score (nSPS) is 14.8. The van der Waals surface area contributed by atoms with Gasteiger partial charge in [0.25, 0.3) is 11.1 Å². The lowest BCUT2D eigenvalue weighted by molar-refractivity contribution is -0.123. The second-order valence-electron chi connectivity index (χ2n) is 7.73. The van der Waals surface area contributed by atoms with Crippen LogP contribution in [0.1, 0.15) is 25.3 Å². The number of carbonyl (C=O) groups excluding carboxylic acids is 2. The SMILES string of the molecule is CCCCOc1ccc2ccccc2c1/C=C1\SC(=O)N(CCOc2ccccc2OC)C1=O. The van der Waals surface area contributed by atoms with Crippen molar-refractivity contribution < 1.29 is 23.8 Å². The van der Waals surface area contributed by atoms with Gasteiger partial charge in [0.2, 0.25) is 0 Å². The van der Waals surface area contributed by atoms with E-state index < -0.39 is 0 Å². The molecule has 176 valence electrons. The fourth-order valence-corrected chi connectivity index (χ4v) is 4.53. The van der Waals surface area contributed by atoms with Gasteiger partial charge in [0.05, 0.1) is 25.2 Å². The molecule has 2 amide bonds. The summed E-state index contributed by atoms with van der Waals surface area (Å²) in [5.74, 6) is 1.55. The monoisotopic (exact) mass is 477 g/mol. The summed E-state index contributed by atoms with van der Waals surface area (Å²) in [5.41, 5.74) is 0.810. The average Bonchev–Trinajstić information content (AvgIpc) is 3.13. The molecular weight excluding hydrogens is 450 g/mol. The third kappa shape index (κ3) is 5.20. The molecule has 0 unspecified atom stereocenters. The zero-order valence-corrected chi connectivity index (χ0v) is 20.1. The molecule has 0 aromatic heterocycles. The lowest BCUT2D eigenvalue weighted by Gasteiger charge is -2.15. The first kappa shape index (κ1) is 23.7. The van der Waals surface area contributed by atoms with Gasteiger partial charge in [-0.15, -0.1) is 0 Å². The summed E-state index contributed by atoms with van der Waals surface area (Å²) in [7, 11) is 1.57. The fraction of sp³-hybridized carbons (Fsp3) is 0.259. The van der Waals surface area contributed by atoms with Gasteiger partial charge in [0.1, 0.15) is 12.4 Å². The van der Waals surface area contributed by atoms with Crippen molar-refractivity contribution in [3.05, 3.63) is 71.1 Å². The highest BCUT2D eigenvalue weighted by molar-refractivity contribution is 8.18. The number of para-hydroxylation sites is 2. The molecule has 0 bridgehead atoms. The van der Waals surface area contributed by atoms with Crippen molar-refractivity contribution in [2.45, 2.75) is 19.8 Å². The molecule has 1 heterocycles. The minimum Gasteiger partial charge on any atom is -0.493 e. The maximum atomic E-state index is 13.1. The number of carbonyl (C=O) groups is 2. The first-order valence-electron chi connectivity index (χ1n) is 11.3. The number of fused-ring (bicyclic) bond motifs is 1. The summed E-state index contributed by atoms with van der Waals surface area (Å²) in [6.07, 6.45) is 3.74. The fourth-order valence-electron chi connectivity index (χ4n) is 3.69. The third-order valence-electron chi connectivity index (χ3n) is 5.48. The number of imide groups is 1. The highest BCUT2D eigenvalue weighted by Gasteiger charge is 2.35. The van der Waals surface area contributed by atoms with Gasteiger partial charge in [0.15, 0.2) is 11.5 Å². The van der Waals surface area contributed by atoms with Crippen molar-refractivity contribution in [3.63, 3.8) is 0 Å². The quantitative estimate of drug-likeness (QED) is 0.258. The Bertz CT molecular complexity index is 1220. The number of rotatable bonds is 10. The Balaban J connectivity index is 1.54. The lowest BCUT2D eigenvalue weighted by Crippen LogP contribution is -2.32. The van der Waals surface area contributed by atoms with Crippen LogP contribution in [0.15, 0.2) is 65.6 Å². The molecule has 1 fully saturated rings. The summed E-state index contributed by atoms with van der Waals surface area (Å²) in [4.78, 5) is 27.3. The van der Waals surface area contributed by atoms with Crippen LogP contribution in [0.5, 0.6) is 17.2 Å². The summed E-state index contributed by atoms with van der Waals surface area (Å²) in [6, 6.07) is 19.1. The van der Waals surface area contributed by atoms with Gasteiger partial charge < -0.3 is 14.2 Å². The van der Waals surface area contributed by atoms with E-state index in [0.717, 1.165) is 40.9 Å². The number of amides is 2. The predicted octanol–water partition coefficient (Wildman–Crippen LogP) is 6.14. The van der Waals surface area contributed by atoms with Crippen LogP contribution >= 0.6 is 11.8 Å². The van der Waals surface area contributed by atoms with Crippen molar-refractivity contribution in [2.75, 3.05) is 26.9 Å². The summed E-state index contributed by atoms with van der Waals surface area (Å²) < 4.78 is 17.1. The van der Waals surface area contributed by atoms with Gasteiger partial charge in [0, 0.05) is 5.56 Å². The molecule has 4 rings (SSSR count). The smallest absolute Gasteiger partial charge is 0.293 e. The van der Waals surface area contributed by atoms with Crippen LogP contribution in [-0.2, 0) is 4.79 Å². The van der Waals surface area contributed by atoms with Gasteiger partial charge in [-0.3, -0.25) is 14.5 Å². The molecular formula is C27H27NO5S. The molecule has 1 aliphatic heterocycles. The Kier molecular flexibility index (Phi) is 7.75. The minimum absolute atomic E-state index is 0.148. The van der Waals surface area contributed by atoms with Gasteiger partial charge >= 0.3 is 0 Å². The van der Waals surface area contributed by atoms with Crippen LogP contribution in [0.25, 0.3) is 16.8 Å². The number of methoxy groups -OCH3 is 1. The zero-order valence-electron chi connectivity index (χ0n) is 19.3. The van der Waals surface area contributed by atoms with E-state index in [4.69, 9.17) is 14.2 Å². The van der Waals surface area contributed by atoms with E-state index in [2.05, 4.69) is 6.92 Å². The van der Waals surface area contributed by atoms with Gasteiger partial charge in [-0.05, 0) is 53.2 Å². The number of hydrogen-bond donors (Lipinski definition) is 0. The van der Waals surface area contributed by atoms with E-state index in [1.165, 1.54) is 4.90 Å². The number of hydrogen-bond acceptors (Lipinski definition) is 6. The van der Waals surface area contributed by atoms with Crippen molar-refractivity contribution in [1.29, 1.82) is 0 Å². The second kappa shape index (κ2) is 11.1. The summed E-state index contributed by atoms with van der Waals surface area (Å²) >= 11 is 0.939. The van der Waals surface area contributed by atoms with Gasteiger partial charge in [-0.1, -0.05) is 55.8 Å². The molecule has 3 aromatic carbocycles. The van der Waals surface area contributed by atoms with Crippen LogP contribution in [0.4, 0.5) is 4.79 Å².